The molecular formula is C18H15N5O4S. The van der Waals surface area contributed by atoms with Crippen molar-refractivity contribution in [3.8, 4) is 11.5 Å². The fourth-order valence-electron chi connectivity index (χ4n) is 2.50. The van der Waals surface area contributed by atoms with Gasteiger partial charge in [-0.2, -0.15) is 0 Å². The van der Waals surface area contributed by atoms with Gasteiger partial charge in [-0.15, -0.1) is 11.3 Å². The Morgan fingerprint density at radius 2 is 2.07 bits per heavy atom. The van der Waals surface area contributed by atoms with Crippen molar-refractivity contribution in [3.63, 3.8) is 0 Å². The first kappa shape index (κ1) is 17.9. The molecule has 0 saturated heterocycles. The molecule has 142 valence electrons. The molecule has 1 aliphatic heterocycles. The Morgan fingerprint density at radius 3 is 2.93 bits per heavy atom. The fraction of sp³-hybridized carbons (Fsp3) is 0.167. The maximum atomic E-state index is 12.2. The van der Waals surface area contributed by atoms with E-state index in [2.05, 4.69) is 25.6 Å². The predicted molar refractivity (Wildman–Crippen MR) is 100 cm³/mol. The lowest BCUT2D eigenvalue weighted by atomic mass is 10.2. The highest BCUT2D eigenvalue weighted by Crippen LogP contribution is 2.32. The first-order valence-electron chi connectivity index (χ1n) is 8.34. The molecule has 0 saturated carbocycles. The van der Waals surface area contributed by atoms with Gasteiger partial charge >= 0.3 is 0 Å². The Morgan fingerprint density at radius 1 is 1.18 bits per heavy atom. The van der Waals surface area contributed by atoms with Crippen LogP contribution in [0.15, 0.2) is 42.2 Å². The molecule has 2 N–H and O–H groups in total. The van der Waals surface area contributed by atoms with Crippen molar-refractivity contribution in [2.24, 2.45) is 0 Å². The summed E-state index contributed by atoms with van der Waals surface area (Å²) in [4.78, 5) is 36.2. The van der Waals surface area contributed by atoms with Crippen molar-refractivity contribution in [3.05, 3.63) is 59.1 Å². The zero-order chi connectivity index (χ0) is 19.3. The molecule has 2 amide bonds. The molecule has 1 aliphatic rings. The summed E-state index contributed by atoms with van der Waals surface area (Å²) in [6.45, 7) is 0.584. The van der Waals surface area contributed by atoms with Crippen molar-refractivity contribution in [1.29, 1.82) is 0 Å². The second-order valence-electron chi connectivity index (χ2n) is 5.83. The van der Waals surface area contributed by atoms with Crippen molar-refractivity contribution in [2.75, 3.05) is 12.1 Å². The van der Waals surface area contributed by atoms with Crippen LogP contribution in [0.1, 0.15) is 21.7 Å². The summed E-state index contributed by atoms with van der Waals surface area (Å²) < 4.78 is 10.6. The van der Waals surface area contributed by atoms with Crippen LogP contribution in [0.25, 0.3) is 0 Å². The molecule has 9 nitrogen and oxygen atoms in total. The van der Waals surface area contributed by atoms with Crippen LogP contribution in [-0.4, -0.2) is 33.6 Å². The molecule has 0 bridgehead atoms. The lowest BCUT2D eigenvalue weighted by molar-refractivity contribution is -0.120. The largest absolute Gasteiger partial charge is 0.454 e. The molecule has 28 heavy (non-hydrogen) atoms. The number of anilines is 1. The van der Waals surface area contributed by atoms with Gasteiger partial charge in [0.25, 0.3) is 5.91 Å². The summed E-state index contributed by atoms with van der Waals surface area (Å²) in [6, 6.07) is 5.53. The van der Waals surface area contributed by atoms with Crippen LogP contribution in [0.5, 0.6) is 11.5 Å². The topological polar surface area (TPSA) is 115 Å². The molecule has 0 spiro atoms. The van der Waals surface area contributed by atoms with Gasteiger partial charge in [0.1, 0.15) is 5.69 Å². The molecule has 0 fully saturated rings. The van der Waals surface area contributed by atoms with E-state index in [1.165, 1.54) is 29.9 Å². The van der Waals surface area contributed by atoms with E-state index in [9.17, 15) is 9.59 Å². The Balaban J connectivity index is 1.28. The second-order valence-corrected chi connectivity index (χ2v) is 6.69. The molecule has 0 unspecified atom stereocenters. The van der Waals surface area contributed by atoms with Crippen molar-refractivity contribution in [1.82, 2.24) is 20.3 Å². The Kier molecular flexibility index (Phi) is 5.11. The number of hydrogen-bond acceptors (Lipinski definition) is 8. The van der Waals surface area contributed by atoms with Gasteiger partial charge in [0.05, 0.1) is 18.3 Å². The third-order valence-electron chi connectivity index (χ3n) is 3.84. The first-order valence-corrected chi connectivity index (χ1v) is 9.22. The van der Waals surface area contributed by atoms with E-state index in [4.69, 9.17) is 9.47 Å². The molecule has 0 radical (unpaired) electrons. The number of amides is 2. The van der Waals surface area contributed by atoms with Gasteiger partial charge in [0, 0.05) is 24.3 Å². The number of fused-ring (bicyclic) bond motifs is 1. The third kappa shape index (κ3) is 4.23. The maximum absolute atomic E-state index is 12.2. The number of nitrogens with one attached hydrogen (secondary N) is 2. The minimum Gasteiger partial charge on any atom is -0.454 e. The smallest absolute Gasteiger partial charge is 0.277 e. The van der Waals surface area contributed by atoms with E-state index in [0.29, 0.717) is 28.9 Å². The average Bonchev–Trinajstić information content (AvgIpc) is 3.36. The predicted octanol–water partition coefficient (Wildman–Crippen LogP) is 1.77. The third-order valence-corrected chi connectivity index (χ3v) is 4.64. The maximum Gasteiger partial charge on any atom is 0.277 e. The number of aromatic nitrogens is 3. The van der Waals surface area contributed by atoms with Crippen LogP contribution in [0, 0.1) is 0 Å². The van der Waals surface area contributed by atoms with Crippen LogP contribution in [0.3, 0.4) is 0 Å². The SMILES string of the molecule is O=C(Cc1csc(NC(=O)c2cnccn2)n1)NCc1ccc2c(c1)OCO2. The van der Waals surface area contributed by atoms with E-state index in [-0.39, 0.29) is 24.8 Å². The Hall–Kier alpha value is -3.53. The summed E-state index contributed by atoms with van der Waals surface area (Å²) in [6.07, 6.45) is 4.41. The van der Waals surface area contributed by atoms with Gasteiger partial charge in [-0.05, 0) is 17.7 Å². The lowest BCUT2D eigenvalue weighted by Gasteiger charge is -2.05. The number of nitrogens with zero attached hydrogens (tertiary/aromatic N) is 3. The van der Waals surface area contributed by atoms with Gasteiger partial charge in [-0.3, -0.25) is 19.9 Å². The highest BCUT2D eigenvalue weighted by Gasteiger charge is 2.14. The van der Waals surface area contributed by atoms with Gasteiger partial charge in [0.15, 0.2) is 16.6 Å². The summed E-state index contributed by atoms with van der Waals surface area (Å²) in [5, 5.41) is 7.61. The van der Waals surface area contributed by atoms with Crippen LogP contribution in [0.4, 0.5) is 5.13 Å². The van der Waals surface area contributed by atoms with Gasteiger partial charge in [-0.1, -0.05) is 6.07 Å². The number of hydrogen-bond donors (Lipinski definition) is 2. The zero-order valence-electron chi connectivity index (χ0n) is 14.5. The summed E-state index contributed by atoms with van der Waals surface area (Å²) in [7, 11) is 0. The quantitative estimate of drug-likeness (QED) is 0.651. The number of carbonyl (C=O) groups is 2. The number of benzene rings is 1. The van der Waals surface area contributed by atoms with E-state index < -0.39 is 5.91 Å². The van der Waals surface area contributed by atoms with Gasteiger partial charge in [0.2, 0.25) is 12.7 Å². The molecule has 2 aromatic heterocycles. The van der Waals surface area contributed by atoms with Crippen molar-refractivity contribution < 1.29 is 19.1 Å². The molecule has 1 aromatic carbocycles. The van der Waals surface area contributed by atoms with E-state index in [1.54, 1.807) is 5.38 Å². The lowest BCUT2D eigenvalue weighted by Crippen LogP contribution is -2.24. The minimum atomic E-state index is -0.402. The van der Waals surface area contributed by atoms with Crippen LogP contribution in [-0.2, 0) is 17.8 Å². The number of ether oxygens (including phenoxy) is 2. The molecule has 10 heteroatoms. The zero-order valence-corrected chi connectivity index (χ0v) is 15.4. The van der Waals surface area contributed by atoms with E-state index in [1.807, 2.05) is 18.2 Å². The highest BCUT2D eigenvalue weighted by molar-refractivity contribution is 7.14. The summed E-state index contributed by atoms with van der Waals surface area (Å²) in [5.74, 6) is 0.805. The minimum absolute atomic E-state index is 0.113. The number of rotatable bonds is 6. The van der Waals surface area contributed by atoms with Gasteiger partial charge in [-0.25, -0.2) is 9.97 Å². The van der Waals surface area contributed by atoms with Crippen LogP contribution in [0.2, 0.25) is 0 Å². The van der Waals surface area contributed by atoms with Crippen molar-refractivity contribution >= 4 is 28.3 Å². The molecule has 0 aliphatic carbocycles. The fourth-order valence-corrected chi connectivity index (χ4v) is 3.21. The molecule has 0 atom stereocenters. The van der Waals surface area contributed by atoms with Crippen LogP contribution < -0.4 is 20.1 Å². The monoisotopic (exact) mass is 397 g/mol. The average molecular weight is 397 g/mol. The number of thiazole rings is 1. The van der Waals surface area contributed by atoms with E-state index >= 15 is 0 Å². The first-order chi connectivity index (χ1) is 13.7. The number of carbonyl (C=O) groups excluding carboxylic acids is 2. The normalized spacial score (nSPS) is 11.9. The molecular weight excluding hydrogens is 382 g/mol. The van der Waals surface area contributed by atoms with E-state index in [0.717, 1.165) is 5.56 Å². The van der Waals surface area contributed by atoms with Gasteiger partial charge < -0.3 is 14.8 Å². The summed E-state index contributed by atoms with van der Waals surface area (Å²) >= 11 is 1.24. The standard InChI is InChI=1S/C18H15N5O4S/c24-16(21-7-11-1-2-14-15(5-11)27-10-26-14)6-12-9-28-18(22-12)23-17(25)13-8-19-3-4-20-13/h1-5,8-9H,6-7,10H2,(H,21,24)(H,22,23,25). The van der Waals surface area contributed by atoms with Crippen LogP contribution >= 0.6 is 11.3 Å². The molecule has 3 aromatic rings. The highest BCUT2D eigenvalue weighted by atomic mass is 32.1. The second kappa shape index (κ2) is 8.01. The molecule has 3 heterocycles. The Labute approximate surface area is 163 Å². The summed E-state index contributed by atoms with van der Waals surface area (Å²) in [5.41, 5.74) is 1.68. The Bertz CT molecular complexity index is 1010. The van der Waals surface area contributed by atoms with Crippen molar-refractivity contribution in [2.45, 2.75) is 13.0 Å². The molecule has 4 rings (SSSR count).